The van der Waals surface area contributed by atoms with Crippen LogP contribution >= 0.6 is 0 Å². The first kappa shape index (κ1) is 21.3. The summed E-state index contributed by atoms with van der Waals surface area (Å²) in [5.41, 5.74) is -0.481. The molecule has 6 heteroatoms. The molecule has 0 aliphatic carbocycles. The van der Waals surface area contributed by atoms with Crippen molar-refractivity contribution in [3.8, 4) is 5.75 Å². The maximum Gasteiger partial charge on any atom is 0.407 e. The van der Waals surface area contributed by atoms with Gasteiger partial charge >= 0.3 is 12.1 Å². The van der Waals surface area contributed by atoms with Crippen LogP contribution in [0.4, 0.5) is 4.79 Å². The first-order valence-electron chi connectivity index (χ1n) is 8.62. The number of benzene rings is 2. The molecule has 0 aliphatic rings. The van der Waals surface area contributed by atoms with Gasteiger partial charge in [0, 0.05) is 0 Å². The van der Waals surface area contributed by atoms with E-state index < -0.39 is 17.7 Å². The summed E-state index contributed by atoms with van der Waals surface area (Å²) < 4.78 is 10.6. The Bertz CT molecular complexity index is 749. The van der Waals surface area contributed by atoms with Gasteiger partial charge in [0.05, 0.1) is 6.54 Å². The summed E-state index contributed by atoms with van der Waals surface area (Å²) in [5.74, 6) is -0.789. The van der Waals surface area contributed by atoms with E-state index in [1.165, 1.54) is 0 Å². The molecule has 2 aromatic carbocycles. The molecule has 0 aliphatic heterocycles. The summed E-state index contributed by atoms with van der Waals surface area (Å²) in [7, 11) is 0. The second-order valence-corrected chi connectivity index (χ2v) is 6.28. The zero-order chi connectivity index (χ0) is 19.7. The zero-order valence-corrected chi connectivity index (χ0v) is 16.0. The summed E-state index contributed by atoms with van der Waals surface area (Å²) in [6, 6.07) is 10.7. The van der Waals surface area contributed by atoms with Gasteiger partial charge in [0.25, 0.3) is 0 Å². The van der Waals surface area contributed by atoms with Crippen LogP contribution in [0.3, 0.4) is 0 Å². The molecular weight excluding hydrogens is 334 g/mol. The van der Waals surface area contributed by atoms with Gasteiger partial charge in [-0.3, -0.25) is 0 Å². The van der Waals surface area contributed by atoms with Gasteiger partial charge in [-0.05, 0) is 43.7 Å². The van der Waals surface area contributed by atoms with Crippen molar-refractivity contribution in [3.63, 3.8) is 0 Å². The average Bonchev–Trinajstić information content (AvgIpc) is 2.58. The van der Waals surface area contributed by atoms with E-state index in [9.17, 15) is 14.7 Å². The van der Waals surface area contributed by atoms with Crippen molar-refractivity contribution in [3.05, 3.63) is 42.0 Å². The third kappa shape index (κ3) is 6.63. The molecule has 0 bridgehead atoms. The third-order valence-corrected chi connectivity index (χ3v) is 3.11. The van der Waals surface area contributed by atoms with Gasteiger partial charge in [-0.1, -0.05) is 38.1 Å². The quantitative estimate of drug-likeness (QED) is 0.768. The number of amides is 1. The van der Waals surface area contributed by atoms with Gasteiger partial charge < -0.3 is 19.9 Å². The smallest absolute Gasteiger partial charge is 0.407 e. The maximum atomic E-state index is 11.5. The molecule has 0 saturated heterocycles. The number of hydrogen-bond acceptors (Lipinski definition) is 4. The van der Waals surface area contributed by atoms with E-state index in [-0.39, 0.29) is 24.5 Å². The average molecular weight is 361 g/mol. The van der Waals surface area contributed by atoms with Crippen LogP contribution in [0.2, 0.25) is 0 Å². The van der Waals surface area contributed by atoms with E-state index in [0.717, 1.165) is 10.8 Å². The van der Waals surface area contributed by atoms with E-state index >= 15 is 0 Å². The minimum atomic E-state index is -1.06. The Morgan fingerprint density at radius 1 is 1.08 bits per heavy atom. The first-order valence-corrected chi connectivity index (χ1v) is 8.62. The molecule has 0 unspecified atom stereocenters. The standard InChI is InChI=1S/C18H21NO5.C2H6/c1-18(2,3)24-17(22)19-8-9-23-15-11-13-7-5-4-6-12(13)10-14(15)16(20)21;1-2/h4-7,10-11H,8-9H2,1-3H3,(H,19,22)(H,20,21);1-2H3. The van der Waals surface area contributed by atoms with Crippen LogP contribution in [-0.4, -0.2) is 35.9 Å². The predicted octanol–water partition coefficient (Wildman–Crippen LogP) is 4.47. The number of hydrogen-bond donors (Lipinski definition) is 2. The highest BCUT2D eigenvalue weighted by atomic mass is 16.6. The van der Waals surface area contributed by atoms with Gasteiger partial charge in [-0.25, -0.2) is 9.59 Å². The highest BCUT2D eigenvalue weighted by Gasteiger charge is 2.16. The molecular formula is C20H27NO5. The largest absolute Gasteiger partial charge is 0.491 e. The number of alkyl carbamates (subject to hydrolysis) is 1. The lowest BCUT2D eigenvalue weighted by Gasteiger charge is -2.19. The maximum absolute atomic E-state index is 11.5. The molecule has 6 nitrogen and oxygen atoms in total. The van der Waals surface area contributed by atoms with Gasteiger partial charge in [0.1, 0.15) is 23.5 Å². The van der Waals surface area contributed by atoms with Gasteiger partial charge in [-0.2, -0.15) is 0 Å². The SMILES string of the molecule is CC.CC(C)(C)OC(=O)NCCOc1cc2ccccc2cc1C(=O)O. The Morgan fingerprint density at radius 2 is 1.65 bits per heavy atom. The fraction of sp³-hybridized carbons (Fsp3) is 0.400. The second-order valence-electron chi connectivity index (χ2n) is 6.28. The zero-order valence-electron chi connectivity index (χ0n) is 16.0. The Hall–Kier alpha value is -2.76. The van der Waals surface area contributed by atoms with Crippen LogP contribution in [0.5, 0.6) is 5.75 Å². The number of carboxylic acid groups (broad SMARTS) is 1. The van der Waals surface area contributed by atoms with Crippen molar-refractivity contribution >= 4 is 22.8 Å². The van der Waals surface area contributed by atoms with Crippen molar-refractivity contribution in [2.75, 3.05) is 13.2 Å². The number of ether oxygens (including phenoxy) is 2. The van der Waals surface area contributed by atoms with Crippen LogP contribution in [0.1, 0.15) is 45.0 Å². The number of nitrogens with one attached hydrogen (secondary N) is 1. The monoisotopic (exact) mass is 361 g/mol. The lowest BCUT2D eigenvalue weighted by Crippen LogP contribution is -2.34. The van der Waals surface area contributed by atoms with E-state index in [0.29, 0.717) is 0 Å². The summed E-state index contributed by atoms with van der Waals surface area (Å²) in [5, 5.41) is 13.6. The van der Waals surface area contributed by atoms with Crippen molar-refractivity contribution in [2.45, 2.75) is 40.2 Å². The Balaban J connectivity index is 0.00000163. The van der Waals surface area contributed by atoms with Crippen LogP contribution < -0.4 is 10.1 Å². The Morgan fingerprint density at radius 3 is 2.19 bits per heavy atom. The molecule has 0 spiro atoms. The second kappa shape index (κ2) is 9.65. The third-order valence-electron chi connectivity index (χ3n) is 3.11. The van der Waals surface area contributed by atoms with Gasteiger partial charge in [0.15, 0.2) is 0 Å². The predicted molar refractivity (Wildman–Crippen MR) is 102 cm³/mol. The molecule has 2 N–H and O–H groups in total. The summed E-state index contributed by atoms with van der Waals surface area (Å²) in [6.07, 6.45) is -0.539. The molecule has 0 fully saturated rings. The van der Waals surface area contributed by atoms with Crippen LogP contribution in [0, 0.1) is 0 Å². The van der Waals surface area contributed by atoms with Crippen molar-refractivity contribution in [2.24, 2.45) is 0 Å². The summed E-state index contributed by atoms with van der Waals surface area (Å²) in [6.45, 7) is 9.67. The number of carboxylic acids is 1. The molecule has 26 heavy (non-hydrogen) atoms. The number of carbonyl (C=O) groups is 2. The van der Waals surface area contributed by atoms with Gasteiger partial charge in [-0.15, -0.1) is 0 Å². The molecule has 0 atom stereocenters. The number of aromatic carboxylic acids is 1. The molecule has 1 amide bonds. The van der Waals surface area contributed by atoms with Crippen LogP contribution in [-0.2, 0) is 4.74 Å². The topological polar surface area (TPSA) is 84.9 Å². The number of rotatable bonds is 5. The highest BCUT2D eigenvalue weighted by molar-refractivity contribution is 5.97. The van der Waals surface area contributed by atoms with Crippen molar-refractivity contribution in [1.29, 1.82) is 0 Å². The summed E-state index contributed by atoms with van der Waals surface area (Å²) >= 11 is 0. The normalized spacial score (nSPS) is 10.5. The molecule has 0 heterocycles. The molecule has 0 aromatic heterocycles. The van der Waals surface area contributed by atoms with Crippen LogP contribution in [0.15, 0.2) is 36.4 Å². The Kier molecular flexibility index (Phi) is 7.90. The molecule has 0 saturated carbocycles. The summed E-state index contributed by atoms with van der Waals surface area (Å²) in [4.78, 5) is 22.9. The fourth-order valence-electron chi connectivity index (χ4n) is 2.13. The molecule has 2 rings (SSSR count). The first-order chi connectivity index (χ1) is 12.3. The Labute approximate surface area is 154 Å². The van der Waals surface area contributed by atoms with Gasteiger partial charge in [0.2, 0.25) is 0 Å². The minimum Gasteiger partial charge on any atom is -0.491 e. The number of fused-ring (bicyclic) bond motifs is 1. The molecule has 142 valence electrons. The van der Waals surface area contributed by atoms with E-state index in [1.807, 2.05) is 38.1 Å². The minimum absolute atomic E-state index is 0.0889. The lowest BCUT2D eigenvalue weighted by molar-refractivity contribution is 0.0518. The highest BCUT2D eigenvalue weighted by Crippen LogP contribution is 2.26. The molecule has 0 radical (unpaired) electrons. The van der Waals surface area contributed by atoms with Crippen molar-refractivity contribution in [1.82, 2.24) is 5.32 Å². The van der Waals surface area contributed by atoms with E-state index in [2.05, 4.69) is 5.32 Å². The van der Waals surface area contributed by atoms with E-state index in [1.54, 1.807) is 32.9 Å². The van der Waals surface area contributed by atoms with E-state index in [4.69, 9.17) is 9.47 Å². The lowest BCUT2D eigenvalue weighted by atomic mass is 10.1. The van der Waals surface area contributed by atoms with Crippen LogP contribution in [0.25, 0.3) is 10.8 Å². The molecule has 2 aromatic rings. The van der Waals surface area contributed by atoms with Crippen molar-refractivity contribution < 1.29 is 24.2 Å². The fourth-order valence-corrected chi connectivity index (χ4v) is 2.13. The number of carbonyl (C=O) groups excluding carboxylic acids is 1.